The highest BCUT2D eigenvalue weighted by molar-refractivity contribution is 5.49. The zero-order valence-corrected chi connectivity index (χ0v) is 13.3. The van der Waals surface area contributed by atoms with Gasteiger partial charge in [-0.25, -0.2) is 0 Å². The zero-order valence-electron chi connectivity index (χ0n) is 13.3. The van der Waals surface area contributed by atoms with Crippen molar-refractivity contribution < 1.29 is 14.9 Å². The molecule has 0 heterocycles. The third-order valence-electron chi connectivity index (χ3n) is 6.54. The molecule has 2 bridgehead atoms. The van der Waals surface area contributed by atoms with Gasteiger partial charge in [0.05, 0.1) is 13.2 Å². The Hall–Kier alpha value is -1.22. The number of fused-ring (bicyclic) bond motifs is 6. The maximum Gasteiger partial charge on any atom is 0.160 e. The van der Waals surface area contributed by atoms with Crippen LogP contribution in [0.15, 0.2) is 12.1 Å². The lowest BCUT2D eigenvalue weighted by Gasteiger charge is -2.39. The molecule has 3 aliphatic rings. The molecule has 120 valence electrons. The summed E-state index contributed by atoms with van der Waals surface area (Å²) in [5.74, 6) is 3.48. The fraction of sp³-hybridized carbons (Fsp3) is 0.684. The van der Waals surface area contributed by atoms with E-state index < -0.39 is 0 Å². The molecule has 0 aromatic heterocycles. The van der Waals surface area contributed by atoms with Gasteiger partial charge in [-0.1, -0.05) is 0 Å². The lowest BCUT2D eigenvalue weighted by Crippen LogP contribution is -2.32. The van der Waals surface area contributed by atoms with Gasteiger partial charge in [-0.15, -0.1) is 0 Å². The van der Waals surface area contributed by atoms with Gasteiger partial charge < -0.3 is 14.9 Å². The second-order valence-corrected chi connectivity index (χ2v) is 7.51. The van der Waals surface area contributed by atoms with Crippen molar-refractivity contribution in [3.05, 3.63) is 23.3 Å². The number of methoxy groups -OCH3 is 1. The summed E-state index contributed by atoms with van der Waals surface area (Å²) in [5, 5.41) is 20.3. The van der Waals surface area contributed by atoms with Crippen LogP contribution in [-0.2, 0) is 6.42 Å². The third kappa shape index (κ3) is 2.21. The average molecular weight is 302 g/mol. The number of phenolic OH excluding ortho intramolecular Hbond substituents is 1. The number of aliphatic hydroxyl groups excluding tert-OH is 1. The van der Waals surface area contributed by atoms with E-state index in [1.165, 1.54) is 36.8 Å². The summed E-state index contributed by atoms with van der Waals surface area (Å²) in [6.45, 7) is 0. The van der Waals surface area contributed by atoms with Crippen molar-refractivity contribution in [2.45, 2.75) is 57.0 Å². The van der Waals surface area contributed by atoms with Crippen LogP contribution in [0.5, 0.6) is 11.5 Å². The molecule has 2 N–H and O–H groups in total. The summed E-state index contributed by atoms with van der Waals surface area (Å²) in [5.41, 5.74) is 2.70. The predicted octanol–water partition coefficient (Wildman–Crippen LogP) is 3.62. The van der Waals surface area contributed by atoms with Crippen LogP contribution in [0, 0.1) is 17.8 Å². The second kappa shape index (κ2) is 5.45. The number of aryl methyl sites for hydroxylation is 1. The number of aliphatic hydroxyl groups is 1. The fourth-order valence-electron chi connectivity index (χ4n) is 5.42. The predicted molar refractivity (Wildman–Crippen MR) is 85.3 cm³/mol. The van der Waals surface area contributed by atoms with E-state index in [1.54, 1.807) is 7.11 Å². The molecule has 3 heteroatoms. The van der Waals surface area contributed by atoms with Crippen LogP contribution < -0.4 is 4.74 Å². The van der Waals surface area contributed by atoms with E-state index in [0.29, 0.717) is 17.6 Å². The minimum Gasteiger partial charge on any atom is -0.504 e. The van der Waals surface area contributed by atoms with Gasteiger partial charge >= 0.3 is 0 Å². The standard InChI is InChI=1S/C19H26O3/c1-22-19-10-16-12(9-18(19)21)2-5-14-11-4-7-17(20)13(8-11)3-6-15(14)16/h9-11,13-15,17,20-21H,2-8H2,1H3/t11?,13-,14?,15?,17+/m1/s1. The van der Waals surface area contributed by atoms with E-state index in [2.05, 4.69) is 6.07 Å². The monoisotopic (exact) mass is 302 g/mol. The Bertz CT molecular complexity index is 568. The molecule has 5 atom stereocenters. The molecule has 0 amide bonds. The summed E-state index contributed by atoms with van der Waals surface area (Å²) in [7, 11) is 1.62. The highest BCUT2D eigenvalue weighted by Crippen LogP contribution is 2.53. The highest BCUT2D eigenvalue weighted by atomic mass is 16.5. The SMILES string of the molecule is COc1cc2c(cc1O)CCC1C3CC[C@H](O)[C@H](CCC21)C3. The zero-order chi connectivity index (χ0) is 15.3. The van der Waals surface area contributed by atoms with E-state index in [9.17, 15) is 10.2 Å². The molecule has 2 saturated carbocycles. The molecular formula is C19H26O3. The highest BCUT2D eigenvalue weighted by Gasteiger charge is 2.42. The van der Waals surface area contributed by atoms with Gasteiger partial charge in [-0.3, -0.25) is 0 Å². The van der Waals surface area contributed by atoms with Gasteiger partial charge in [0.1, 0.15) is 0 Å². The Balaban J connectivity index is 1.71. The van der Waals surface area contributed by atoms with Crippen LogP contribution in [0.4, 0.5) is 0 Å². The van der Waals surface area contributed by atoms with Gasteiger partial charge in [-0.05, 0) is 91.9 Å². The Morgan fingerprint density at radius 2 is 1.86 bits per heavy atom. The summed E-state index contributed by atoms with van der Waals surface area (Å²) >= 11 is 0. The number of ether oxygens (including phenoxy) is 1. The smallest absolute Gasteiger partial charge is 0.160 e. The van der Waals surface area contributed by atoms with Crippen LogP contribution in [0.2, 0.25) is 0 Å². The van der Waals surface area contributed by atoms with E-state index in [1.807, 2.05) is 6.07 Å². The fourth-order valence-corrected chi connectivity index (χ4v) is 5.42. The number of hydrogen-bond donors (Lipinski definition) is 2. The Labute approximate surface area is 132 Å². The molecule has 0 saturated heterocycles. The minimum atomic E-state index is -0.0785. The molecule has 3 nitrogen and oxygen atoms in total. The molecule has 22 heavy (non-hydrogen) atoms. The summed E-state index contributed by atoms with van der Waals surface area (Å²) in [4.78, 5) is 0. The lowest BCUT2D eigenvalue weighted by molar-refractivity contribution is 0.0388. The second-order valence-electron chi connectivity index (χ2n) is 7.51. The molecule has 1 aromatic rings. The van der Waals surface area contributed by atoms with Crippen molar-refractivity contribution in [2.24, 2.45) is 17.8 Å². The quantitative estimate of drug-likeness (QED) is 0.833. The number of benzene rings is 1. The van der Waals surface area contributed by atoms with Crippen molar-refractivity contribution in [1.29, 1.82) is 0 Å². The molecule has 4 rings (SSSR count). The van der Waals surface area contributed by atoms with Gasteiger partial charge in [-0.2, -0.15) is 0 Å². The van der Waals surface area contributed by atoms with Crippen molar-refractivity contribution in [3.63, 3.8) is 0 Å². The molecule has 2 fully saturated rings. The van der Waals surface area contributed by atoms with Crippen LogP contribution in [0.1, 0.15) is 55.6 Å². The van der Waals surface area contributed by atoms with Crippen LogP contribution in [0.25, 0.3) is 0 Å². The molecule has 1 aromatic carbocycles. The first-order valence-corrected chi connectivity index (χ1v) is 8.75. The Morgan fingerprint density at radius 3 is 2.68 bits per heavy atom. The summed E-state index contributed by atoms with van der Waals surface area (Å²) in [6, 6.07) is 3.99. The Morgan fingerprint density at radius 1 is 1.05 bits per heavy atom. The first-order chi connectivity index (χ1) is 10.7. The number of aromatic hydroxyl groups is 1. The Kier molecular flexibility index (Phi) is 3.56. The summed E-state index contributed by atoms with van der Waals surface area (Å²) < 4.78 is 5.34. The first-order valence-electron chi connectivity index (χ1n) is 8.75. The topological polar surface area (TPSA) is 49.7 Å². The van der Waals surface area contributed by atoms with E-state index in [4.69, 9.17) is 4.74 Å². The first kappa shape index (κ1) is 14.4. The van der Waals surface area contributed by atoms with Gasteiger partial charge in [0.15, 0.2) is 11.5 Å². The maximum absolute atomic E-state index is 10.2. The van der Waals surface area contributed by atoms with Crippen LogP contribution in [-0.4, -0.2) is 23.4 Å². The maximum atomic E-state index is 10.2. The molecule has 0 radical (unpaired) electrons. The van der Waals surface area contributed by atoms with Crippen molar-refractivity contribution in [1.82, 2.24) is 0 Å². The van der Waals surface area contributed by atoms with E-state index in [-0.39, 0.29) is 11.9 Å². The molecule has 3 unspecified atom stereocenters. The minimum absolute atomic E-state index is 0.0785. The molecular weight excluding hydrogens is 276 g/mol. The third-order valence-corrected chi connectivity index (χ3v) is 6.54. The van der Waals surface area contributed by atoms with E-state index >= 15 is 0 Å². The van der Waals surface area contributed by atoms with Gasteiger partial charge in [0, 0.05) is 0 Å². The number of rotatable bonds is 1. The van der Waals surface area contributed by atoms with Crippen molar-refractivity contribution in [3.8, 4) is 11.5 Å². The molecule has 0 aliphatic heterocycles. The van der Waals surface area contributed by atoms with E-state index in [0.717, 1.165) is 31.1 Å². The van der Waals surface area contributed by atoms with Gasteiger partial charge in [0.25, 0.3) is 0 Å². The lowest BCUT2D eigenvalue weighted by atomic mass is 9.66. The normalized spacial score (nSPS) is 36.9. The van der Waals surface area contributed by atoms with Crippen molar-refractivity contribution in [2.75, 3.05) is 7.11 Å². The largest absolute Gasteiger partial charge is 0.504 e. The molecule has 0 spiro atoms. The van der Waals surface area contributed by atoms with Crippen LogP contribution >= 0.6 is 0 Å². The van der Waals surface area contributed by atoms with Gasteiger partial charge in [0.2, 0.25) is 0 Å². The number of hydrogen-bond acceptors (Lipinski definition) is 3. The summed E-state index contributed by atoms with van der Waals surface area (Å²) in [6.07, 6.45) is 7.92. The average Bonchev–Trinajstić information content (AvgIpc) is 2.68. The molecule has 3 aliphatic carbocycles. The number of phenols is 1. The van der Waals surface area contributed by atoms with Crippen molar-refractivity contribution >= 4 is 0 Å². The van der Waals surface area contributed by atoms with Crippen LogP contribution in [0.3, 0.4) is 0 Å².